The van der Waals surface area contributed by atoms with Gasteiger partial charge in [0.15, 0.2) is 5.82 Å². The number of hydrogen-bond donors (Lipinski definition) is 2. The van der Waals surface area contributed by atoms with E-state index in [1.807, 2.05) is 4.90 Å². The number of nitrogens with two attached hydrogens (primary N) is 1. The highest BCUT2D eigenvalue weighted by Crippen LogP contribution is 2.24. The molecular formula is C9H13ClN4O2. The zero-order valence-electron chi connectivity index (χ0n) is 8.64. The predicted octanol–water partition coefficient (Wildman–Crippen LogP) is -0.0903. The molecule has 3 N–H and O–H groups in total. The molecule has 1 unspecified atom stereocenters. The number of anilines is 2. The maximum Gasteiger partial charge on any atom is 0.222 e. The van der Waals surface area contributed by atoms with E-state index in [0.717, 1.165) is 0 Å². The lowest BCUT2D eigenvalue weighted by molar-refractivity contribution is 0.00337. The molecule has 0 saturated carbocycles. The van der Waals surface area contributed by atoms with E-state index in [9.17, 15) is 0 Å². The smallest absolute Gasteiger partial charge is 0.222 e. The zero-order valence-corrected chi connectivity index (χ0v) is 9.39. The fraction of sp³-hybridized carbons (Fsp3) is 0.556. The lowest BCUT2D eigenvalue weighted by Crippen LogP contribution is -2.44. The Morgan fingerprint density at radius 1 is 1.69 bits per heavy atom. The Kier molecular flexibility index (Phi) is 3.42. The molecule has 7 heteroatoms. The maximum absolute atomic E-state index is 9.04. The van der Waals surface area contributed by atoms with Gasteiger partial charge in [-0.2, -0.15) is 4.98 Å². The van der Waals surface area contributed by atoms with E-state index >= 15 is 0 Å². The van der Waals surface area contributed by atoms with Crippen LogP contribution in [0.1, 0.15) is 0 Å². The molecule has 16 heavy (non-hydrogen) atoms. The minimum atomic E-state index is -0.207. The molecule has 1 atom stereocenters. The second-order valence-electron chi connectivity index (χ2n) is 3.52. The first kappa shape index (κ1) is 11.4. The summed E-state index contributed by atoms with van der Waals surface area (Å²) in [5.41, 5.74) is 5.51. The molecule has 88 valence electrons. The second kappa shape index (κ2) is 4.82. The van der Waals surface area contributed by atoms with Crippen molar-refractivity contribution in [3.8, 4) is 0 Å². The van der Waals surface area contributed by atoms with Crippen molar-refractivity contribution in [1.82, 2.24) is 9.97 Å². The van der Waals surface area contributed by atoms with Crippen LogP contribution >= 0.6 is 11.6 Å². The first-order valence-electron chi connectivity index (χ1n) is 4.96. The van der Waals surface area contributed by atoms with Crippen molar-refractivity contribution in [1.29, 1.82) is 0 Å². The molecule has 0 spiro atoms. The molecule has 2 heterocycles. The number of morpholine rings is 1. The van der Waals surface area contributed by atoms with E-state index in [1.54, 1.807) is 0 Å². The number of nitrogen functional groups attached to an aromatic ring is 1. The Balaban J connectivity index is 2.19. The van der Waals surface area contributed by atoms with E-state index in [1.165, 1.54) is 6.20 Å². The average Bonchev–Trinajstić information content (AvgIpc) is 2.32. The fourth-order valence-electron chi connectivity index (χ4n) is 1.62. The monoisotopic (exact) mass is 244 g/mol. The van der Waals surface area contributed by atoms with Crippen LogP contribution in [0.2, 0.25) is 5.02 Å². The zero-order chi connectivity index (χ0) is 11.5. The SMILES string of the molecule is Nc1ncc(Cl)c(N2CCOC(CO)C2)n1. The third kappa shape index (κ3) is 2.34. The van der Waals surface area contributed by atoms with Crippen LogP contribution in [-0.2, 0) is 4.74 Å². The van der Waals surface area contributed by atoms with Gasteiger partial charge >= 0.3 is 0 Å². The molecule has 6 nitrogen and oxygen atoms in total. The second-order valence-corrected chi connectivity index (χ2v) is 3.93. The molecule has 1 aromatic rings. The number of nitrogens with zero attached hydrogens (tertiary/aromatic N) is 3. The van der Waals surface area contributed by atoms with Gasteiger partial charge in [0.1, 0.15) is 5.02 Å². The highest BCUT2D eigenvalue weighted by molar-refractivity contribution is 6.32. The molecule has 0 bridgehead atoms. The summed E-state index contributed by atoms with van der Waals surface area (Å²) < 4.78 is 5.34. The van der Waals surface area contributed by atoms with Crippen molar-refractivity contribution in [2.75, 3.05) is 36.9 Å². The number of aromatic nitrogens is 2. The third-order valence-electron chi connectivity index (χ3n) is 2.39. The lowest BCUT2D eigenvalue weighted by Gasteiger charge is -2.33. The third-order valence-corrected chi connectivity index (χ3v) is 2.65. The Bertz CT molecular complexity index is 377. The van der Waals surface area contributed by atoms with Gasteiger partial charge in [-0.3, -0.25) is 0 Å². The standard InChI is InChI=1S/C9H13ClN4O2/c10-7-3-12-9(11)13-8(7)14-1-2-16-6(4-14)5-15/h3,6,15H,1-2,4-5H2,(H2,11,12,13). The van der Waals surface area contributed by atoms with E-state index in [4.69, 9.17) is 27.2 Å². The summed E-state index contributed by atoms with van der Waals surface area (Å²) in [5, 5.41) is 9.49. The molecule has 1 aromatic heterocycles. The number of halogens is 1. The molecule has 0 aliphatic carbocycles. The number of rotatable bonds is 2. The van der Waals surface area contributed by atoms with Crippen LogP contribution in [-0.4, -0.2) is 47.5 Å². The topological polar surface area (TPSA) is 84.5 Å². The predicted molar refractivity (Wildman–Crippen MR) is 60.5 cm³/mol. The number of ether oxygens (including phenoxy) is 1. The Morgan fingerprint density at radius 3 is 3.25 bits per heavy atom. The van der Waals surface area contributed by atoms with Gasteiger partial charge < -0.3 is 20.5 Å². The molecule has 2 rings (SSSR count). The molecule has 1 aliphatic heterocycles. The fourth-order valence-corrected chi connectivity index (χ4v) is 1.83. The van der Waals surface area contributed by atoms with Crippen molar-refractivity contribution in [2.24, 2.45) is 0 Å². The maximum atomic E-state index is 9.04. The summed E-state index contributed by atoms with van der Waals surface area (Å²) in [4.78, 5) is 9.82. The highest BCUT2D eigenvalue weighted by Gasteiger charge is 2.22. The van der Waals surface area contributed by atoms with Crippen LogP contribution in [0.25, 0.3) is 0 Å². The first-order chi connectivity index (χ1) is 7.70. The van der Waals surface area contributed by atoms with Gasteiger partial charge in [-0.1, -0.05) is 11.6 Å². The average molecular weight is 245 g/mol. The molecule has 1 aliphatic rings. The van der Waals surface area contributed by atoms with Gasteiger partial charge in [0.05, 0.1) is 25.5 Å². The summed E-state index contributed by atoms with van der Waals surface area (Å²) >= 11 is 5.99. The van der Waals surface area contributed by atoms with Crippen molar-refractivity contribution in [2.45, 2.75) is 6.10 Å². The summed E-state index contributed by atoms with van der Waals surface area (Å²) in [6.45, 7) is 1.74. The van der Waals surface area contributed by atoms with E-state index in [2.05, 4.69) is 9.97 Å². The highest BCUT2D eigenvalue weighted by atomic mass is 35.5. The first-order valence-corrected chi connectivity index (χ1v) is 5.34. The molecule has 0 radical (unpaired) electrons. The van der Waals surface area contributed by atoms with Crippen molar-refractivity contribution < 1.29 is 9.84 Å². The summed E-state index contributed by atoms with van der Waals surface area (Å²) in [6, 6.07) is 0. The Hall–Kier alpha value is -1.11. The van der Waals surface area contributed by atoms with Crippen LogP contribution in [0.5, 0.6) is 0 Å². The van der Waals surface area contributed by atoms with Crippen molar-refractivity contribution in [3.63, 3.8) is 0 Å². The molecular weight excluding hydrogens is 232 g/mol. The number of hydrogen-bond acceptors (Lipinski definition) is 6. The van der Waals surface area contributed by atoms with Gasteiger partial charge in [0, 0.05) is 13.1 Å². The van der Waals surface area contributed by atoms with Gasteiger partial charge in [-0.05, 0) is 0 Å². The molecule has 0 amide bonds. The normalized spacial score (nSPS) is 21.1. The largest absolute Gasteiger partial charge is 0.394 e. The Morgan fingerprint density at radius 2 is 2.50 bits per heavy atom. The van der Waals surface area contributed by atoms with Gasteiger partial charge in [0.2, 0.25) is 5.95 Å². The molecule has 1 saturated heterocycles. The minimum Gasteiger partial charge on any atom is -0.394 e. The summed E-state index contributed by atoms with van der Waals surface area (Å²) in [6.07, 6.45) is 1.27. The minimum absolute atomic E-state index is 0.0192. The molecule has 1 fully saturated rings. The van der Waals surface area contributed by atoms with Crippen LogP contribution in [0.15, 0.2) is 6.20 Å². The van der Waals surface area contributed by atoms with Crippen LogP contribution in [0, 0.1) is 0 Å². The van der Waals surface area contributed by atoms with E-state index in [0.29, 0.717) is 30.5 Å². The van der Waals surface area contributed by atoms with Crippen LogP contribution in [0.4, 0.5) is 11.8 Å². The number of aliphatic hydroxyl groups is 1. The van der Waals surface area contributed by atoms with Gasteiger partial charge in [-0.25, -0.2) is 4.98 Å². The van der Waals surface area contributed by atoms with Crippen molar-refractivity contribution >= 4 is 23.4 Å². The van der Waals surface area contributed by atoms with Gasteiger partial charge in [-0.15, -0.1) is 0 Å². The van der Waals surface area contributed by atoms with Crippen LogP contribution in [0.3, 0.4) is 0 Å². The quantitative estimate of drug-likeness (QED) is 0.757. The van der Waals surface area contributed by atoms with Gasteiger partial charge in [0.25, 0.3) is 0 Å². The molecule has 0 aromatic carbocycles. The van der Waals surface area contributed by atoms with E-state index < -0.39 is 0 Å². The summed E-state index contributed by atoms with van der Waals surface area (Å²) in [5.74, 6) is 0.780. The van der Waals surface area contributed by atoms with E-state index in [-0.39, 0.29) is 18.7 Å². The van der Waals surface area contributed by atoms with Crippen molar-refractivity contribution in [3.05, 3.63) is 11.2 Å². The summed E-state index contributed by atoms with van der Waals surface area (Å²) in [7, 11) is 0. The lowest BCUT2D eigenvalue weighted by atomic mass is 10.3. The van der Waals surface area contributed by atoms with Crippen LogP contribution < -0.4 is 10.6 Å². The Labute approximate surface area is 98.0 Å². The number of aliphatic hydroxyl groups excluding tert-OH is 1.